The molecule has 6 heteroatoms. The number of aromatic nitrogens is 3. The van der Waals surface area contributed by atoms with Gasteiger partial charge in [-0.1, -0.05) is 43.8 Å². The average Bonchev–Trinajstić information content (AvgIpc) is 3.22. The molecular formula is C19H20FN3S2. The Morgan fingerprint density at radius 1 is 1.28 bits per heavy atom. The minimum Gasteiger partial charge on any atom is -0.298 e. The maximum Gasteiger partial charge on any atom is 0.192 e. The predicted molar refractivity (Wildman–Crippen MR) is 104 cm³/mol. The van der Waals surface area contributed by atoms with E-state index in [2.05, 4.69) is 46.6 Å². The molecule has 0 saturated carbocycles. The zero-order valence-electron chi connectivity index (χ0n) is 14.3. The van der Waals surface area contributed by atoms with Crippen LogP contribution in [-0.4, -0.2) is 14.8 Å². The van der Waals surface area contributed by atoms with Crippen molar-refractivity contribution in [3.05, 3.63) is 64.6 Å². The Hall–Kier alpha value is -1.92. The van der Waals surface area contributed by atoms with E-state index in [0.29, 0.717) is 12.5 Å². The highest BCUT2D eigenvalue weighted by atomic mass is 32.2. The zero-order chi connectivity index (χ0) is 17.8. The molecule has 3 nitrogen and oxygen atoms in total. The normalized spacial score (nSPS) is 11.2. The molecular weight excluding hydrogens is 353 g/mol. The molecule has 0 bridgehead atoms. The smallest absolute Gasteiger partial charge is 0.192 e. The number of rotatable bonds is 7. The van der Waals surface area contributed by atoms with Crippen LogP contribution in [0.15, 0.2) is 53.5 Å². The molecule has 25 heavy (non-hydrogen) atoms. The SMILES string of the molecule is C=CCn1c(SCc2ccc(F)cc2)nnc1-c1csc(C(C)C)c1. The highest BCUT2D eigenvalue weighted by Crippen LogP contribution is 2.31. The molecule has 0 unspecified atom stereocenters. The summed E-state index contributed by atoms with van der Waals surface area (Å²) in [5, 5.41) is 11.7. The largest absolute Gasteiger partial charge is 0.298 e. The summed E-state index contributed by atoms with van der Waals surface area (Å²) in [6.07, 6.45) is 1.85. The van der Waals surface area contributed by atoms with Crippen LogP contribution in [-0.2, 0) is 12.3 Å². The maximum absolute atomic E-state index is 13.0. The van der Waals surface area contributed by atoms with E-state index in [-0.39, 0.29) is 5.82 Å². The fourth-order valence-electron chi connectivity index (χ4n) is 2.40. The van der Waals surface area contributed by atoms with Crippen molar-refractivity contribution >= 4 is 23.1 Å². The Balaban J connectivity index is 1.83. The summed E-state index contributed by atoms with van der Waals surface area (Å²) >= 11 is 3.35. The van der Waals surface area contributed by atoms with Crippen LogP contribution < -0.4 is 0 Å². The molecule has 2 heterocycles. The molecule has 0 aliphatic rings. The van der Waals surface area contributed by atoms with Gasteiger partial charge in [-0.2, -0.15) is 0 Å². The van der Waals surface area contributed by atoms with Gasteiger partial charge in [0.2, 0.25) is 0 Å². The number of allylic oxidation sites excluding steroid dienone is 1. The fourth-order valence-corrected chi connectivity index (χ4v) is 4.21. The number of nitrogens with zero attached hydrogens (tertiary/aromatic N) is 3. The van der Waals surface area contributed by atoms with Crippen LogP contribution in [0.4, 0.5) is 4.39 Å². The molecule has 1 aromatic carbocycles. The summed E-state index contributed by atoms with van der Waals surface area (Å²) in [7, 11) is 0. The molecule has 0 aliphatic carbocycles. The maximum atomic E-state index is 13.0. The topological polar surface area (TPSA) is 30.7 Å². The van der Waals surface area contributed by atoms with Gasteiger partial charge in [0, 0.05) is 28.1 Å². The number of halogens is 1. The van der Waals surface area contributed by atoms with Crippen molar-refractivity contribution in [1.29, 1.82) is 0 Å². The Morgan fingerprint density at radius 3 is 2.68 bits per heavy atom. The standard InChI is InChI=1S/C19H20FN3S2/c1-4-9-23-18(15-10-17(13(2)3)24-12-15)21-22-19(23)25-11-14-5-7-16(20)8-6-14/h4-8,10,12-13H,1,9,11H2,2-3H3. The first-order valence-corrected chi connectivity index (χ1v) is 9.95. The molecule has 0 fully saturated rings. The van der Waals surface area contributed by atoms with Gasteiger partial charge in [-0.15, -0.1) is 28.1 Å². The lowest BCUT2D eigenvalue weighted by molar-refractivity contribution is 0.627. The summed E-state index contributed by atoms with van der Waals surface area (Å²) in [6, 6.07) is 8.74. The molecule has 3 rings (SSSR count). The van der Waals surface area contributed by atoms with Gasteiger partial charge < -0.3 is 0 Å². The van der Waals surface area contributed by atoms with Crippen molar-refractivity contribution in [1.82, 2.24) is 14.8 Å². The third kappa shape index (κ3) is 4.19. The van der Waals surface area contributed by atoms with Crippen LogP contribution in [0.3, 0.4) is 0 Å². The number of hydrogen-bond acceptors (Lipinski definition) is 4. The van der Waals surface area contributed by atoms with E-state index in [0.717, 1.165) is 27.9 Å². The van der Waals surface area contributed by atoms with Crippen LogP contribution in [0.25, 0.3) is 11.4 Å². The van der Waals surface area contributed by atoms with E-state index in [1.165, 1.54) is 17.0 Å². The lowest BCUT2D eigenvalue weighted by Gasteiger charge is -2.07. The molecule has 2 aromatic heterocycles. The van der Waals surface area contributed by atoms with Crippen molar-refractivity contribution in [3.8, 4) is 11.4 Å². The lowest BCUT2D eigenvalue weighted by atomic mass is 10.1. The Labute approximate surface area is 155 Å². The summed E-state index contributed by atoms with van der Waals surface area (Å²) in [5.41, 5.74) is 2.15. The van der Waals surface area contributed by atoms with E-state index in [1.807, 2.05) is 6.08 Å². The van der Waals surface area contributed by atoms with Gasteiger partial charge in [-0.3, -0.25) is 4.57 Å². The highest BCUT2D eigenvalue weighted by Gasteiger charge is 2.15. The number of thiophene rings is 1. The second-order valence-corrected chi connectivity index (χ2v) is 7.90. The minimum atomic E-state index is -0.218. The van der Waals surface area contributed by atoms with Crippen LogP contribution in [0.1, 0.15) is 30.2 Å². The van der Waals surface area contributed by atoms with E-state index in [9.17, 15) is 4.39 Å². The molecule has 0 saturated heterocycles. The average molecular weight is 374 g/mol. The number of hydrogen-bond donors (Lipinski definition) is 0. The minimum absolute atomic E-state index is 0.218. The number of benzene rings is 1. The first-order valence-electron chi connectivity index (χ1n) is 8.08. The summed E-state index contributed by atoms with van der Waals surface area (Å²) < 4.78 is 15.1. The van der Waals surface area contributed by atoms with Gasteiger partial charge in [0.25, 0.3) is 0 Å². The molecule has 0 N–H and O–H groups in total. The summed E-state index contributed by atoms with van der Waals surface area (Å²) in [6.45, 7) is 8.88. The van der Waals surface area contributed by atoms with Crippen molar-refractivity contribution in [2.75, 3.05) is 0 Å². The molecule has 0 spiro atoms. The highest BCUT2D eigenvalue weighted by molar-refractivity contribution is 7.98. The van der Waals surface area contributed by atoms with E-state index in [1.54, 1.807) is 35.2 Å². The monoisotopic (exact) mass is 373 g/mol. The molecule has 0 radical (unpaired) electrons. The zero-order valence-corrected chi connectivity index (χ0v) is 15.9. The predicted octanol–water partition coefficient (Wildman–Crippen LogP) is 5.75. The lowest BCUT2D eigenvalue weighted by Crippen LogP contribution is -2.00. The van der Waals surface area contributed by atoms with E-state index < -0.39 is 0 Å². The Morgan fingerprint density at radius 2 is 2.04 bits per heavy atom. The summed E-state index contributed by atoms with van der Waals surface area (Å²) in [5.74, 6) is 1.87. The summed E-state index contributed by atoms with van der Waals surface area (Å²) in [4.78, 5) is 1.34. The third-order valence-electron chi connectivity index (χ3n) is 3.76. The van der Waals surface area contributed by atoms with Gasteiger partial charge in [-0.05, 0) is 29.7 Å². The van der Waals surface area contributed by atoms with Crippen molar-refractivity contribution < 1.29 is 4.39 Å². The second kappa shape index (κ2) is 7.97. The third-order valence-corrected chi connectivity index (χ3v) is 6.03. The quantitative estimate of drug-likeness (QED) is 0.390. The first kappa shape index (κ1) is 17.9. The van der Waals surface area contributed by atoms with E-state index >= 15 is 0 Å². The van der Waals surface area contributed by atoms with Gasteiger partial charge in [0.1, 0.15) is 5.82 Å². The second-order valence-electron chi connectivity index (χ2n) is 6.01. The van der Waals surface area contributed by atoms with Crippen molar-refractivity contribution in [3.63, 3.8) is 0 Å². The van der Waals surface area contributed by atoms with Gasteiger partial charge >= 0.3 is 0 Å². The van der Waals surface area contributed by atoms with Crippen LogP contribution in [0.5, 0.6) is 0 Å². The van der Waals surface area contributed by atoms with Gasteiger partial charge in [-0.25, -0.2) is 4.39 Å². The number of thioether (sulfide) groups is 1. The van der Waals surface area contributed by atoms with Crippen LogP contribution >= 0.6 is 23.1 Å². The molecule has 3 aromatic rings. The first-order chi connectivity index (χ1) is 12.1. The molecule has 130 valence electrons. The van der Waals surface area contributed by atoms with Crippen molar-refractivity contribution in [2.45, 2.75) is 37.2 Å². The van der Waals surface area contributed by atoms with Crippen LogP contribution in [0, 0.1) is 5.82 Å². The molecule has 0 atom stereocenters. The fraction of sp³-hybridized carbons (Fsp3) is 0.263. The van der Waals surface area contributed by atoms with Gasteiger partial charge in [0.15, 0.2) is 11.0 Å². The Bertz CT molecular complexity index is 850. The molecule has 0 aliphatic heterocycles. The van der Waals surface area contributed by atoms with E-state index in [4.69, 9.17) is 0 Å². The van der Waals surface area contributed by atoms with Crippen molar-refractivity contribution in [2.24, 2.45) is 0 Å². The molecule has 0 amide bonds. The Kier molecular flexibility index (Phi) is 5.71. The van der Waals surface area contributed by atoms with Crippen LogP contribution in [0.2, 0.25) is 0 Å². The van der Waals surface area contributed by atoms with Gasteiger partial charge in [0.05, 0.1) is 0 Å².